The van der Waals surface area contributed by atoms with Gasteiger partial charge in [-0.15, -0.1) is 21.5 Å². The van der Waals surface area contributed by atoms with Gasteiger partial charge >= 0.3 is 0 Å². The highest BCUT2D eigenvalue weighted by atomic mass is 35.5. The van der Waals surface area contributed by atoms with Gasteiger partial charge in [0.25, 0.3) is 0 Å². The Morgan fingerprint density at radius 2 is 1.72 bits per heavy atom. The summed E-state index contributed by atoms with van der Waals surface area (Å²) in [7, 11) is 1.56. The Balaban J connectivity index is 1.20. The molecular formula is C35H35ClN6O4S. The summed E-state index contributed by atoms with van der Waals surface area (Å²) in [5.74, 6) is 1.38. The number of fused-ring (bicyclic) bond motifs is 3. The van der Waals surface area contributed by atoms with Crippen molar-refractivity contribution in [2.45, 2.75) is 46.2 Å². The van der Waals surface area contributed by atoms with Gasteiger partial charge in [0.15, 0.2) is 11.6 Å². The maximum atomic E-state index is 13.9. The number of ether oxygens (including phenoxy) is 1. The lowest BCUT2D eigenvalue weighted by molar-refractivity contribution is -0.140. The Hall–Kier alpha value is -4.61. The van der Waals surface area contributed by atoms with E-state index in [-0.39, 0.29) is 30.1 Å². The van der Waals surface area contributed by atoms with Crippen LogP contribution in [0.25, 0.3) is 5.00 Å². The predicted octanol–water partition coefficient (Wildman–Crippen LogP) is 5.70. The first-order valence-corrected chi connectivity index (χ1v) is 16.6. The summed E-state index contributed by atoms with van der Waals surface area (Å²) in [4.78, 5) is 49.4. The van der Waals surface area contributed by atoms with E-state index in [1.807, 2.05) is 42.7 Å². The molecule has 6 rings (SSSR count). The number of aryl methyl sites for hydroxylation is 2. The molecule has 47 heavy (non-hydrogen) atoms. The van der Waals surface area contributed by atoms with Crippen LogP contribution in [-0.2, 0) is 9.59 Å². The fraction of sp³-hybridized carbons (Fsp3) is 0.314. The summed E-state index contributed by atoms with van der Waals surface area (Å²) in [6.45, 7) is 9.08. The molecule has 0 N–H and O–H groups in total. The molecular weight excluding hydrogens is 636 g/mol. The molecule has 2 aliphatic heterocycles. The maximum Gasteiger partial charge on any atom is 0.247 e. The van der Waals surface area contributed by atoms with E-state index in [1.54, 1.807) is 52.5 Å². The number of hydrogen-bond acceptors (Lipinski definition) is 8. The number of amides is 2. The number of piperazine rings is 1. The van der Waals surface area contributed by atoms with E-state index in [9.17, 15) is 14.4 Å². The van der Waals surface area contributed by atoms with Crippen LogP contribution in [0.3, 0.4) is 0 Å². The van der Waals surface area contributed by atoms with Gasteiger partial charge in [0.05, 0.1) is 19.2 Å². The molecule has 0 bridgehead atoms. The lowest BCUT2D eigenvalue weighted by atomic mass is 9.99. The number of aliphatic imine (C=N–C) groups is 1. The van der Waals surface area contributed by atoms with Gasteiger partial charge in [0, 0.05) is 58.3 Å². The number of rotatable bonds is 7. The first-order chi connectivity index (χ1) is 22.5. The Bertz CT molecular complexity index is 1910. The lowest BCUT2D eigenvalue weighted by Gasteiger charge is -2.39. The molecule has 10 nitrogen and oxygen atoms in total. The van der Waals surface area contributed by atoms with E-state index in [4.69, 9.17) is 21.3 Å². The molecule has 0 unspecified atom stereocenters. The zero-order chi connectivity index (χ0) is 33.4. The maximum absolute atomic E-state index is 13.9. The summed E-state index contributed by atoms with van der Waals surface area (Å²) in [5, 5.41) is 10.5. The van der Waals surface area contributed by atoms with Gasteiger partial charge in [-0.1, -0.05) is 23.7 Å². The molecule has 1 saturated heterocycles. The number of nitrogens with zero attached hydrogens (tertiary/aromatic N) is 6. The molecule has 242 valence electrons. The zero-order valence-electron chi connectivity index (χ0n) is 26.9. The van der Waals surface area contributed by atoms with Crippen molar-refractivity contribution in [1.82, 2.24) is 24.6 Å². The van der Waals surface area contributed by atoms with Crippen LogP contribution in [0.1, 0.15) is 63.0 Å². The Kier molecular flexibility index (Phi) is 9.11. The minimum atomic E-state index is -0.574. The number of thiophene rings is 1. The van der Waals surface area contributed by atoms with Crippen molar-refractivity contribution in [3.8, 4) is 10.8 Å². The van der Waals surface area contributed by atoms with E-state index < -0.39 is 6.04 Å². The van der Waals surface area contributed by atoms with Crippen molar-refractivity contribution >= 4 is 46.2 Å². The van der Waals surface area contributed by atoms with E-state index in [2.05, 4.69) is 24.0 Å². The normalized spacial score (nSPS) is 17.6. The molecule has 0 radical (unpaired) electrons. The van der Waals surface area contributed by atoms with E-state index in [0.717, 1.165) is 33.2 Å². The average Bonchev–Trinajstić information content (AvgIpc) is 3.55. The SMILES string of the molecule is COc1ccc(C(=O)/C=C/C(=O)N2CCN(C(=O)C[C@@H]3N=C(c4ccc(Cl)cc4)c4c(sc(C)c4C)-n4c(C)nnc43)C[C@H]2C)cc1. The van der Waals surface area contributed by atoms with E-state index >= 15 is 0 Å². The standard InChI is InChI=1S/C35H35ClN6O4S/c1-20-19-40(16-17-41(20)30(44)15-14-29(43)24-8-12-27(46-5)13-9-24)31(45)18-28-34-39-38-23(4)42(34)35-32(21(2)22(3)47-35)33(37-28)25-6-10-26(36)11-7-25/h6-15,20,28H,16-19H2,1-5H3/b15-14+/t20-,28+/m1/s1. The second-order valence-electron chi connectivity index (χ2n) is 11.8. The third kappa shape index (κ3) is 6.37. The number of carbonyl (C=O) groups excluding carboxylic acids is 3. The number of allylic oxidation sites excluding steroid dienone is 1. The fourth-order valence-electron chi connectivity index (χ4n) is 6.03. The predicted molar refractivity (Wildman–Crippen MR) is 182 cm³/mol. The zero-order valence-corrected chi connectivity index (χ0v) is 28.4. The van der Waals surface area contributed by atoms with Gasteiger partial charge in [-0.3, -0.25) is 23.9 Å². The molecule has 2 amide bonds. The third-order valence-corrected chi connectivity index (χ3v) is 10.2. The molecule has 2 aromatic heterocycles. The monoisotopic (exact) mass is 670 g/mol. The first-order valence-electron chi connectivity index (χ1n) is 15.4. The van der Waals surface area contributed by atoms with Crippen molar-refractivity contribution in [2.24, 2.45) is 4.99 Å². The fourth-order valence-corrected chi connectivity index (χ4v) is 7.37. The molecule has 2 aliphatic rings. The largest absolute Gasteiger partial charge is 0.497 e. The minimum Gasteiger partial charge on any atom is -0.497 e. The van der Waals surface area contributed by atoms with Gasteiger partial charge in [0.2, 0.25) is 11.8 Å². The van der Waals surface area contributed by atoms with Crippen LogP contribution in [0.4, 0.5) is 0 Å². The first kappa shape index (κ1) is 32.3. The van der Waals surface area contributed by atoms with Crippen LogP contribution in [0.5, 0.6) is 5.75 Å². The second-order valence-corrected chi connectivity index (χ2v) is 13.4. The lowest BCUT2D eigenvalue weighted by Crippen LogP contribution is -2.55. The van der Waals surface area contributed by atoms with Gasteiger partial charge in [-0.05, 0) is 75.7 Å². The van der Waals surface area contributed by atoms with Crippen molar-refractivity contribution in [1.29, 1.82) is 0 Å². The molecule has 12 heteroatoms. The molecule has 0 saturated carbocycles. The number of ketones is 1. The summed E-state index contributed by atoms with van der Waals surface area (Å²) >= 11 is 7.89. The molecule has 2 aromatic carbocycles. The van der Waals surface area contributed by atoms with Gasteiger partial charge in [-0.25, -0.2) is 0 Å². The summed E-state index contributed by atoms with van der Waals surface area (Å²) in [5.41, 5.74) is 4.29. The number of carbonyl (C=O) groups is 3. The highest BCUT2D eigenvalue weighted by Gasteiger charge is 2.35. The van der Waals surface area contributed by atoms with Crippen molar-refractivity contribution < 1.29 is 19.1 Å². The molecule has 1 fully saturated rings. The average molecular weight is 671 g/mol. The second kappa shape index (κ2) is 13.2. The number of halogens is 1. The number of aromatic nitrogens is 3. The van der Waals surface area contributed by atoms with Crippen LogP contribution in [0.15, 0.2) is 65.7 Å². The van der Waals surface area contributed by atoms with Crippen molar-refractivity contribution in [2.75, 3.05) is 26.7 Å². The van der Waals surface area contributed by atoms with Crippen LogP contribution in [0, 0.1) is 20.8 Å². The van der Waals surface area contributed by atoms with Crippen molar-refractivity contribution in [3.05, 3.63) is 104 Å². The quantitative estimate of drug-likeness (QED) is 0.184. The highest BCUT2D eigenvalue weighted by molar-refractivity contribution is 7.15. The van der Waals surface area contributed by atoms with Crippen LogP contribution >= 0.6 is 22.9 Å². The van der Waals surface area contributed by atoms with Crippen LogP contribution in [-0.4, -0.2) is 80.7 Å². The number of hydrogen-bond donors (Lipinski definition) is 0. The highest BCUT2D eigenvalue weighted by Crippen LogP contribution is 2.39. The Morgan fingerprint density at radius 1 is 1.00 bits per heavy atom. The molecule has 0 spiro atoms. The smallest absolute Gasteiger partial charge is 0.247 e. The Labute approximate surface area is 282 Å². The van der Waals surface area contributed by atoms with Gasteiger partial charge in [0.1, 0.15) is 22.6 Å². The number of methoxy groups -OCH3 is 1. The molecule has 2 atom stereocenters. The van der Waals surface area contributed by atoms with Crippen molar-refractivity contribution in [3.63, 3.8) is 0 Å². The van der Waals surface area contributed by atoms with Crippen LogP contribution in [0.2, 0.25) is 5.02 Å². The summed E-state index contributed by atoms with van der Waals surface area (Å²) in [6, 6.07) is 13.5. The number of benzene rings is 2. The molecule has 4 heterocycles. The van der Waals surface area contributed by atoms with E-state index in [0.29, 0.717) is 41.8 Å². The molecule has 0 aliphatic carbocycles. The molecule has 4 aromatic rings. The minimum absolute atomic E-state index is 0.0799. The van der Waals surface area contributed by atoms with Crippen LogP contribution < -0.4 is 4.74 Å². The van der Waals surface area contributed by atoms with Gasteiger partial charge in [-0.2, -0.15) is 0 Å². The van der Waals surface area contributed by atoms with Gasteiger partial charge < -0.3 is 14.5 Å². The summed E-state index contributed by atoms with van der Waals surface area (Å²) < 4.78 is 7.17. The third-order valence-electron chi connectivity index (χ3n) is 8.74. The topological polar surface area (TPSA) is 110 Å². The summed E-state index contributed by atoms with van der Waals surface area (Å²) in [6.07, 6.45) is 2.69. The van der Waals surface area contributed by atoms with E-state index in [1.165, 1.54) is 17.0 Å². The Morgan fingerprint density at radius 3 is 2.40 bits per heavy atom.